The van der Waals surface area contributed by atoms with Crippen LogP contribution in [0.25, 0.3) is 0 Å². The van der Waals surface area contributed by atoms with Crippen molar-refractivity contribution < 1.29 is 22.7 Å². The molecule has 1 saturated heterocycles. The average Bonchev–Trinajstić information content (AvgIpc) is 3.17. The Morgan fingerprint density at radius 1 is 1.02 bits per heavy atom. The van der Waals surface area contributed by atoms with Crippen LogP contribution < -0.4 is 5.32 Å². The molecule has 2 aliphatic heterocycles. The number of hydrogen-bond acceptors (Lipinski definition) is 6. The highest BCUT2D eigenvalue weighted by Crippen LogP contribution is 2.32. The van der Waals surface area contributed by atoms with Crippen LogP contribution in [-0.2, 0) is 19.6 Å². The first-order valence-electron chi connectivity index (χ1n) is 13.9. The molecular formula is C30H40N4O5S. The summed E-state index contributed by atoms with van der Waals surface area (Å²) < 4.78 is 33.6. The molecule has 4 rings (SSSR count). The zero-order valence-electron chi connectivity index (χ0n) is 24.0. The fourth-order valence-electron chi connectivity index (χ4n) is 5.14. The Kier molecular flexibility index (Phi) is 9.33. The van der Waals surface area contributed by atoms with Crippen molar-refractivity contribution in [2.24, 2.45) is 0 Å². The molecule has 1 N–H and O–H groups in total. The van der Waals surface area contributed by atoms with Crippen LogP contribution in [0, 0.1) is 6.92 Å². The highest BCUT2D eigenvalue weighted by Gasteiger charge is 2.38. The molecule has 2 aromatic rings. The van der Waals surface area contributed by atoms with Crippen molar-refractivity contribution in [3.05, 3.63) is 76.5 Å². The number of benzene rings is 2. The first-order chi connectivity index (χ1) is 19.0. The second-order valence-corrected chi connectivity index (χ2v) is 12.6. The number of ether oxygens (including phenoxy) is 1. The van der Waals surface area contributed by atoms with Crippen molar-refractivity contribution in [1.29, 1.82) is 0 Å². The first-order valence-corrected chi connectivity index (χ1v) is 15.3. The van der Waals surface area contributed by atoms with E-state index in [-0.39, 0.29) is 17.5 Å². The predicted molar refractivity (Wildman–Crippen MR) is 154 cm³/mol. The Hall–Kier alpha value is -3.21. The van der Waals surface area contributed by atoms with Gasteiger partial charge in [0.15, 0.2) is 0 Å². The lowest BCUT2D eigenvalue weighted by atomic mass is 9.92. The van der Waals surface area contributed by atoms with E-state index in [1.165, 1.54) is 14.8 Å². The standard InChI is InChI=1S/C30H40N4O5S/c1-6-39-29(35)27-26(32(5)30(36)31-28(27)24-12-10-23(11-13-24)21(2)3)20-33-16-7-17-34(19-18-33)40(37,38)25-14-8-22(4)9-15-25/h8-15,21,28H,6-7,16-20H2,1-5H3,(H,31,36). The van der Waals surface area contributed by atoms with Crippen LogP contribution in [0.1, 0.15) is 55.8 Å². The van der Waals surface area contributed by atoms with Crippen LogP contribution in [0.5, 0.6) is 0 Å². The SMILES string of the molecule is CCOC(=O)C1=C(CN2CCCN(S(=O)(=O)c3ccc(C)cc3)CC2)N(C)C(=O)NC1c1ccc(C(C)C)cc1. The summed E-state index contributed by atoms with van der Waals surface area (Å²) in [5.41, 5.74) is 3.93. The number of carbonyl (C=O) groups excluding carboxylic acids is 2. The van der Waals surface area contributed by atoms with Gasteiger partial charge in [-0.1, -0.05) is 55.8 Å². The molecule has 1 fully saturated rings. The van der Waals surface area contributed by atoms with Crippen molar-refractivity contribution >= 4 is 22.0 Å². The highest BCUT2D eigenvalue weighted by atomic mass is 32.2. The van der Waals surface area contributed by atoms with Gasteiger partial charge in [0.1, 0.15) is 0 Å². The number of amides is 2. The van der Waals surface area contributed by atoms with E-state index in [0.29, 0.717) is 56.3 Å². The van der Waals surface area contributed by atoms with Gasteiger partial charge in [0.25, 0.3) is 0 Å². The fourth-order valence-corrected chi connectivity index (χ4v) is 6.61. The third-order valence-corrected chi connectivity index (χ3v) is 9.50. The van der Waals surface area contributed by atoms with Gasteiger partial charge >= 0.3 is 12.0 Å². The maximum Gasteiger partial charge on any atom is 0.338 e. The van der Waals surface area contributed by atoms with E-state index in [1.54, 1.807) is 38.2 Å². The Morgan fingerprint density at radius 2 is 1.70 bits per heavy atom. The number of urea groups is 1. The molecule has 2 aliphatic rings. The van der Waals surface area contributed by atoms with E-state index in [1.807, 2.05) is 31.2 Å². The number of carbonyl (C=O) groups is 2. The Labute approximate surface area is 237 Å². The molecule has 9 nitrogen and oxygen atoms in total. The second kappa shape index (κ2) is 12.5. The molecule has 2 amide bonds. The van der Waals surface area contributed by atoms with Gasteiger partial charge < -0.3 is 10.1 Å². The molecule has 0 aliphatic carbocycles. The second-order valence-electron chi connectivity index (χ2n) is 10.7. The van der Waals surface area contributed by atoms with Crippen molar-refractivity contribution in [1.82, 2.24) is 19.4 Å². The predicted octanol–water partition coefficient (Wildman–Crippen LogP) is 4.03. The first kappa shape index (κ1) is 29.8. The minimum atomic E-state index is -3.62. The molecule has 40 heavy (non-hydrogen) atoms. The minimum Gasteiger partial charge on any atom is -0.463 e. The minimum absolute atomic E-state index is 0.210. The molecule has 1 unspecified atom stereocenters. The Bertz CT molecular complexity index is 1350. The topological polar surface area (TPSA) is 99.3 Å². The van der Waals surface area contributed by atoms with Crippen molar-refractivity contribution in [3.63, 3.8) is 0 Å². The van der Waals surface area contributed by atoms with Gasteiger partial charge in [0, 0.05) is 38.9 Å². The maximum atomic E-state index is 13.3. The van der Waals surface area contributed by atoms with Crippen LogP contribution >= 0.6 is 0 Å². The molecule has 10 heteroatoms. The van der Waals surface area contributed by atoms with E-state index in [2.05, 4.69) is 24.1 Å². The summed E-state index contributed by atoms with van der Waals surface area (Å²) in [4.78, 5) is 30.3. The molecular weight excluding hydrogens is 528 g/mol. The lowest BCUT2D eigenvalue weighted by Gasteiger charge is -2.36. The van der Waals surface area contributed by atoms with E-state index in [9.17, 15) is 18.0 Å². The Morgan fingerprint density at radius 3 is 2.33 bits per heavy atom. The van der Waals surface area contributed by atoms with E-state index in [0.717, 1.165) is 11.1 Å². The fraction of sp³-hybridized carbons (Fsp3) is 0.467. The van der Waals surface area contributed by atoms with Gasteiger partial charge in [-0.3, -0.25) is 9.80 Å². The zero-order chi connectivity index (χ0) is 29.0. The monoisotopic (exact) mass is 568 g/mol. The molecule has 216 valence electrons. The summed E-state index contributed by atoms with van der Waals surface area (Å²) >= 11 is 0. The average molecular weight is 569 g/mol. The molecule has 2 heterocycles. The van der Waals surface area contributed by atoms with Gasteiger partial charge in [-0.15, -0.1) is 0 Å². The number of nitrogens with zero attached hydrogens (tertiary/aromatic N) is 3. The van der Waals surface area contributed by atoms with Gasteiger partial charge in [-0.05, 0) is 56.0 Å². The quantitative estimate of drug-likeness (QED) is 0.483. The Balaban J connectivity index is 1.61. The molecule has 0 saturated carbocycles. The van der Waals surface area contributed by atoms with Gasteiger partial charge in [0.2, 0.25) is 10.0 Å². The number of aryl methyl sites for hydroxylation is 1. The van der Waals surface area contributed by atoms with E-state index >= 15 is 0 Å². The third kappa shape index (κ3) is 6.40. The van der Waals surface area contributed by atoms with Crippen molar-refractivity contribution in [2.45, 2.75) is 51.0 Å². The smallest absolute Gasteiger partial charge is 0.338 e. The number of sulfonamides is 1. The number of hydrogen-bond donors (Lipinski definition) is 1. The van der Waals surface area contributed by atoms with E-state index in [4.69, 9.17) is 4.74 Å². The van der Waals surface area contributed by atoms with Crippen LogP contribution in [0.2, 0.25) is 0 Å². The molecule has 0 spiro atoms. The number of esters is 1. The van der Waals surface area contributed by atoms with Crippen LogP contribution in [0.3, 0.4) is 0 Å². The number of nitrogens with one attached hydrogen (secondary N) is 1. The summed E-state index contributed by atoms with van der Waals surface area (Å²) in [6.07, 6.45) is 0.628. The summed E-state index contributed by atoms with van der Waals surface area (Å²) in [5.74, 6) is -0.116. The van der Waals surface area contributed by atoms with Crippen LogP contribution in [0.15, 0.2) is 64.7 Å². The normalized spacial score (nSPS) is 19.5. The summed E-state index contributed by atoms with van der Waals surface area (Å²) in [5, 5.41) is 2.97. The maximum absolute atomic E-state index is 13.3. The molecule has 2 aromatic carbocycles. The highest BCUT2D eigenvalue weighted by molar-refractivity contribution is 7.89. The lowest BCUT2D eigenvalue weighted by molar-refractivity contribution is -0.139. The summed E-state index contributed by atoms with van der Waals surface area (Å²) in [6.45, 7) is 10.2. The van der Waals surface area contributed by atoms with Crippen molar-refractivity contribution in [2.75, 3.05) is 46.4 Å². The largest absolute Gasteiger partial charge is 0.463 e. The summed E-state index contributed by atoms with van der Waals surface area (Å²) in [7, 11) is -1.97. The molecule has 0 aromatic heterocycles. The molecule has 1 atom stereocenters. The van der Waals surface area contributed by atoms with Crippen LogP contribution in [0.4, 0.5) is 4.79 Å². The van der Waals surface area contributed by atoms with Gasteiger partial charge in [-0.25, -0.2) is 18.0 Å². The number of likely N-dealkylation sites (N-methyl/N-ethyl adjacent to an activating group) is 1. The van der Waals surface area contributed by atoms with Crippen LogP contribution in [-0.4, -0.2) is 80.9 Å². The molecule has 0 radical (unpaired) electrons. The number of rotatable bonds is 8. The van der Waals surface area contributed by atoms with Gasteiger partial charge in [-0.2, -0.15) is 4.31 Å². The van der Waals surface area contributed by atoms with Gasteiger partial charge in [0.05, 0.1) is 23.1 Å². The van der Waals surface area contributed by atoms with E-state index < -0.39 is 22.0 Å². The third-order valence-electron chi connectivity index (χ3n) is 7.59. The zero-order valence-corrected chi connectivity index (χ0v) is 24.8. The van der Waals surface area contributed by atoms with Crippen molar-refractivity contribution in [3.8, 4) is 0 Å². The molecule has 0 bridgehead atoms. The summed E-state index contributed by atoms with van der Waals surface area (Å²) in [6, 6.07) is 13.9. The lowest BCUT2D eigenvalue weighted by Crippen LogP contribution is -2.49.